The van der Waals surface area contributed by atoms with Gasteiger partial charge in [-0.25, -0.2) is 0 Å². The fraction of sp³-hybridized carbons (Fsp3) is 0.684. The molecule has 2 atom stereocenters. The number of benzene rings is 1. The Morgan fingerprint density at radius 1 is 1.36 bits per heavy atom. The van der Waals surface area contributed by atoms with Crippen molar-refractivity contribution in [2.75, 3.05) is 13.7 Å². The van der Waals surface area contributed by atoms with E-state index in [1.54, 1.807) is 7.11 Å². The van der Waals surface area contributed by atoms with Crippen LogP contribution in [0.3, 0.4) is 0 Å². The maximum absolute atomic E-state index is 5.61. The van der Waals surface area contributed by atoms with Crippen LogP contribution >= 0.6 is 0 Å². The molecule has 3 nitrogen and oxygen atoms in total. The molecule has 0 amide bonds. The fourth-order valence-corrected chi connectivity index (χ4v) is 3.09. The highest BCUT2D eigenvalue weighted by Crippen LogP contribution is 2.24. The second-order valence-electron chi connectivity index (χ2n) is 6.65. The second-order valence-corrected chi connectivity index (χ2v) is 6.65. The van der Waals surface area contributed by atoms with Crippen LogP contribution in [0.15, 0.2) is 18.2 Å². The Kier molecular flexibility index (Phi) is 6.71. The van der Waals surface area contributed by atoms with Crippen molar-refractivity contribution >= 4 is 0 Å². The van der Waals surface area contributed by atoms with E-state index in [9.17, 15) is 0 Å². The maximum atomic E-state index is 5.61. The second kappa shape index (κ2) is 8.54. The minimum atomic E-state index is 0.540. The Hall–Kier alpha value is -1.06. The molecule has 0 aliphatic carbocycles. The van der Waals surface area contributed by atoms with Crippen molar-refractivity contribution in [1.29, 1.82) is 0 Å². The van der Waals surface area contributed by atoms with E-state index in [1.807, 2.05) is 0 Å². The highest BCUT2D eigenvalue weighted by atomic mass is 16.5. The Morgan fingerprint density at radius 2 is 2.18 bits per heavy atom. The first kappa shape index (κ1) is 17.3. The van der Waals surface area contributed by atoms with Gasteiger partial charge in [-0.15, -0.1) is 0 Å². The highest BCUT2D eigenvalue weighted by Gasteiger charge is 2.18. The lowest BCUT2D eigenvalue weighted by Gasteiger charge is -2.33. The molecule has 0 aromatic heterocycles. The van der Waals surface area contributed by atoms with Gasteiger partial charge >= 0.3 is 0 Å². The van der Waals surface area contributed by atoms with Gasteiger partial charge in [0.15, 0.2) is 0 Å². The van der Waals surface area contributed by atoms with Crippen molar-refractivity contribution in [2.24, 2.45) is 0 Å². The van der Waals surface area contributed by atoms with Gasteiger partial charge in [-0.1, -0.05) is 25.5 Å². The number of ether oxygens (including phenoxy) is 1. The predicted molar refractivity (Wildman–Crippen MR) is 93.3 cm³/mol. The number of rotatable bonds is 7. The first-order chi connectivity index (χ1) is 10.6. The predicted octanol–water partition coefficient (Wildman–Crippen LogP) is 3.96. The number of likely N-dealkylation sites (tertiary alicyclic amines) is 1. The lowest BCUT2D eigenvalue weighted by atomic mass is 10.0. The summed E-state index contributed by atoms with van der Waals surface area (Å²) in [6.45, 7) is 9.91. The molecule has 3 heteroatoms. The summed E-state index contributed by atoms with van der Waals surface area (Å²) in [5.41, 5.74) is 2.61. The standard InChI is InChI=1S/C19H32N2O/c1-5-15(2)20-13-18-10-9-17(12-19(18)22-4)14-21-11-7-6-8-16(21)3/h9-10,12,15-16,20H,5-8,11,13-14H2,1-4H3. The lowest BCUT2D eigenvalue weighted by molar-refractivity contribution is 0.152. The zero-order chi connectivity index (χ0) is 15.9. The van der Waals surface area contributed by atoms with Crippen molar-refractivity contribution in [3.8, 4) is 5.75 Å². The van der Waals surface area contributed by atoms with E-state index in [2.05, 4.69) is 49.2 Å². The number of piperidine rings is 1. The summed E-state index contributed by atoms with van der Waals surface area (Å²) in [5.74, 6) is 1.01. The molecule has 0 radical (unpaired) electrons. The van der Waals surface area contributed by atoms with Gasteiger partial charge in [-0.2, -0.15) is 0 Å². The summed E-state index contributed by atoms with van der Waals surface area (Å²) in [4.78, 5) is 2.59. The van der Waals surface area contributed by atoms with Gasteiger partial charge < -0.3 is 10.1 Å². The smallest absolute Gasteiger partial charge is 0.123 e. The monoisotopic (exact) mass is 304 g/mol. The van der Waals surface area contributed by atoms with Crippen molar-refractivity contribution in [1.82, 2.24) is 10.2 Å². The summed E-state index contributed by atoms with van der Waals surface area (Å²) < 4.78 is 5.61. The van der Waals surface area contributed by atoms with E-state index in [0.717, 1.165) is 25.3 Å². The molecule has 124 valence electrons. The van der Waals surface area contributed by atoms with E-state index in [4.69, 9.17) is 4.74 Å². The molecule has 1 saturated heterocycles. The van der Waals surface area contributed by atoms with Crippen LogP contribution in [-0.4, -0.2) is 30.6 Å². The molecule has 1 aromatic rings. The average Bonchev–Trinajstić information content (AvgIpc) is 2.55. The molecule has 0 saturated carbocycles. The molecule has 1 N–H and O–H groups in total. The van der Waals surface area contributed by atoms with Gasteiger partial charge in [0, 0.05) is 30.7 Å². The molecule has 1 aliphatic heterocycles. The summed E-state index contributed by atoms with van der Waals surface area (Å²) in [6, 6.07) is 7.94. The zero-order valence-electron chi connectivity index (χ0n) is 14.7. The first-order valence-electron chi connectivity index (χ1n) is 8.77. The van der Waals surface area contributed by atoms with Crippen LogP contribution in [0.4, 0.5) is 0 Å². The number of hydrogen-bond acceptors (Lipinski definition) is 3. The third-order valence-electron chi connectivity index (χ3n) is 4.93. The minimum absolute atomic E-state index is 0.540. The molecular weight excluding hydrogens is 272 g/mol. The maximum Gasteiger partial charge on any atom is 0.123 e. The van der Waals surface area contributed by atoms with E-state index < -0.39 is 0 Å². The highest BCUT2D eigenvalue weighted by molar-refractivity contribution is 5.37. The van der Waals surface area contributed by atoms with E-state index in [-0.39, 0.29) is 0 Å². The van der Waals surface area contributed by atoms with Gasteiger partial charge in [-0.05, 0) is 51.3 Å². The van der Waals surface area contributed by atoms with Crippen LogP contribution in [0.25, 0.3) is 0 Å². The molecule has 0 bridgehead atoms. The van der Waals surface area contributed by atoms with Crippen molar-refractivity contribution < 1.29 is 4.74 Å². The number of nitrogens with zero attached hydrogens (tertiary/aromatic N) is 1. The van der Waals surface area contributed by atoms with E-state index in [0.29, 0.717) is 12.1 Å². The van der Waals surface area contributed by atoms with Crippen molar-refractivity contribution in [3.05, 3.63) is 29.3 Å². The molecule has 1 aromatic carbocycles. The molecular formula is C19H32N2O. The molecule has 1 heterocycles. The topological polar surface area (TPSA) is 24.5 Å². The van der Waals surface area contributed by atoms with Crippen molar-refractivity contribution in [3.63, 3.8) is 0 Å². The molecule has 2 unspecified atom stereocenters. The van der Waals surface area contributed by atoms with Crippen LogP contribution in [0, 0.1) is 0 Å². The molecule has 1 aliphatic rings. The summed E-state index contributed by atoms with van der Waals surface area (Å²) in [5, 5.41) is 3.54. The summed E-state index contributed by atoms with van der Waals surface area (Å²) >= 11 is 0. The molecule has 1 fully saturated rings. The van der Waals surface area contributed by atoms with E-state index >= 15 is 0 Å². The summed E-state index contributed by atoms with van der Waals surface area (Å²) in [7, 11) is 1.77. The van der Waals surface area contributed by atoms with Gasteiger partial charge in [0.05, 0.1) is 7.11 Å². The average molecular weight is 304 g/mol. The van der Waals surface area contributed by atoms with Gasteiger partial charge in [0.2, 0.25) is 0 Å². The number of nitrogens with one attached hydrogen (secondary N) is 1. The molecule has 22 heavy (non-hydrogen) atoms. The lowest BCUT2D eigenvalue weighted by Crippen LogP contribution is -2.36. The Balaban J connectivity index is 2.01. The third kappa shape index (κ3) is 4.72. The van der Waals surface area contributed by atoms with Crippen LogP contribution < -0.4 is 10.1 Å². The van der Waals surface area contributed by atoms with E-state index in [1.165, 1.54) is 36.9 Å². The van der Waals surface area contributed by atoms with Crippen LogP contribution in [0.1, 0.15) is 57.6 Å². The van der Waals surface area contributed by atoms with Crippen LogP contribution in [0.5, 0.6) is 5.75 Å². The number of methoxy groups -OCH3 is 1. The fourth-order valence-electron chi connectivity index (χ4n) is 3.09. The Bertz CT molecular complexity index is 461. The van der Waals surface area contributed by atoms with Crippen molar-refractivity contribution in [2.45, 2.75) is 71.6 Å². The molecule has 2 rings (SSSR count). The van der Waals surface area contributed by atoms with Gasteiger partial charge in [0.1, 0.15) is 5.75 Å². The normalized spacial score (nSPS) is 20.8. The third-order valence-corrected chi connectivity index (χ3v) is 4.93. The largest absolute Gasteiger partial charge is 0.496 e. The van der Waals surface area contributed by atoms with Crippen LogP contribution in [0.2, 0.25) is 0 Å². The van der Waals surface area contributed by atoms with Gasteiger partial charge in [-0.3, -0.25) is 4.90 Å². The first-order valence-corrected chi connectivity index (χ1v) is 8.77. The zero-order valence-corrected chi connectivity index (χ0v) is 14.7. The van der Waals surface area contributed by atoms with Crippen LogP contribution in [-0.2, 0) is 13.1 Å². The Labute approximate surface area is 136 Å². The quantitative estimate of drug-likeness (QED) is 0.825. The SMILES string of the molecule is CCC(C)NCc1ccc(CN2CCCCC2C)cc1OC. The Morgan fingerprint density at radius 3 is 2.86 bits per heavy atom. The van der Waals surface area contributed by atoms with Gasteiger partial charge in [0.25, 0.3) is 0 Å². The summed E-state index contributed by atoms with van der Waals surface area (Å²) in [6.07, 6.45) is 5.18. The molecule has 0 spiro atoms. The minimum Gasteiger partial charge on any atom is -0.496 e. The number of hydrogen-bond donors (Lipinski definition) is 1.